The zero-order valence-corrected chi connectivity index (χ0v) is 57.0. The summed E-state index contributed by atoms with van der Waals surface area (Å²) in [6, 6.07) is 42.7. The number of carbonyl (C=O) groups is 2. The zero-order chi connectivity index (χ0) is 66.1. The first-order valence-electron chi connectivity index (χ1n) is 26.7. The third-order valence-corrected chi connectivity index (χ3v) is 12.1. The summed E-state index contributed by atoms with van der Waals surface area (Å²) in [5.74, 6) is -1.46. The Morgan fingerprint density at radius 2 is 0.937 bits per heavy atom. The van der Waals surface area contributed by atoms with Gasteiger partial charge in [0.15, 0.2) is 5.43 Å². The minimum absolute atomic E-state index is 0. The summed E-state index contributed by atoms with van der Waals surface area (Å²) in [5, 5.41) is 86.9. The van der Waals surface area contributed by atoms with Crippen molar-refractivity contribution < 1.29 is 97.7 Å². The maximum Gasteiger partial charge on any atom is 2.00 e. The van der Waals surface area contributed by atoms with E-state index in [2.05, 4.69) is 53.3 Å². The molecule has 1 aliphatic carbocycles. The molecule has 0 spiro atoms. The molecule has 5 heterocycles. The number of rotatable bonds is 25. The number of nitrogens with one attached hydrogen (secondary N) is 1. The summed E-state index contributed by atoms with van der Waals surface area (Å²) in [6.45, 7) is 5.15. The van der Waals surface area contributed by atoms with Crippen molar-refractivity contribution in [3.05, 3.63) is 287 Å². The van der Waals surface area contributed by atoms with Crippen molar-refractivity contribution in [1.82, 2.24) is 47.4 Å². The van der Waals surface area contributed by atoms with Gasteiger partial charge in [-0.1, -0.05) is 48.5 Å². The molecule has 1 aliphatic heterocycles. The molecule has 4 aromatic heterocycles. The third kappa shape index (κ3) is 31.0. The molecule has 1 amide bonds. The van der Waals surface area contributed by atoms with Gasteiger partial charge in [-0.15, -0.1) is 5.75 Å². The molecule has 9 N–H and O–H groups in total. The number of nitrogens with zero attached hydrogens (tertiary/aromatic N) is 10. The Hall–Kier alpha value is -10.7. The molecule has 0 fully saturated rings. The van der Waals surface area contributed by atoms with Gasteiger partial charge in [0.1, 0.15) is 23.7 Å². The van der Waals surface area contributed by atoms with Crippen LogP contribution in [0.1, 0.15) is 54.6 Å². The van der Waals surface area contributed by atoms with E-state index in [4.69, 9.17) is 79.9 Å². The molecule has 0 bridgehead atoms. The third-order valence-electron chi connectivity index (χ3n) is 12.1. The van der Waals surface area contributed by atoms with Crippen molar-refractivity contribution in [3.8, 4) is 33.9 Å². The fraction of sp³-hybridized carbons (Fsp3) is 0.203. The summed E-state index contributed by atoms with van der Waals surface area (Å²) < 4.78 is 23.8. The molecule has 7 aromatic rings. The van der Waals surface area contributed by atoms with Gasteiger partial charge < -0.3 is 113 Å². The summed E-state index contributed by atoms with van der Waals surface area (Å²) in [4.78, 5) is 94.0. The van der Waals surface area contributed by atoms with Gasteiger partial charge in [-0.05, 0) is 108 Å². The molecule has 0 saturated heterocycles. The van der Waals surface area contributed by atoms with Crippen molar-refractivity contribution in [1.29, 1.82) is 0 Å². The Labute approximate surface area is 564 Å². The molecule has 9 rings (SSSR count). The Bertz CT molecular complexity index is 3590. The van der Waals surface area contributed by atoms with Gasteiger partial charge >= 0.3 is 39.0 Å². The molecule has 2 aliphatic rings. The predicted molar refractivity (Wildman–Crippen MR) is 330 cm³/mol. The van der Waals surface area contributed by atoms with E-state index in [1.807, 2.05) is 97.6 Å². The summed E-state index contributed by atoms with van der Waals surface area (Å²) in [5.41, 5.74) is 6.75. The van der Waals surface area contributed by atoms with E-state index in [0.717, 1.165) is 33.9 Å². The molecule has 492 valence electrons. The number of aromatic carboxylic acids is 1. The smallest absolute Gasteiger partial charge is 0.872 e. The van der Waals surface area contributed by atoms with Crippen LogP contribution >= 0.6 is 0 Å². The van der Waals surface area contributed by atoms with Gasteiger partial charge in [-0.3, -0.25) is 39.3 Å². The first-order valence-corrected chi connectivity index (χ1v) is 26.7. The van der Waals surface area contributed by atoms with Gasteiger partial charge in [0.25, 0.3) is 5.91 Å². The average molecular weight is 1420 g/mol. The topological polar surface area (TPSA) is 546 Å². The maximum atomic E-state index is 13.2. The standard InChI is InChI=1S/C59H55N7O9.4NO3.2H3N.2Zn/c67-48-14-17-52-55(33-48)75-56-34-49(68)15-18-53(56)57(52)51-16-13-43(32-54(51)59(70)71)58(69)64-23-24-72-25-26-73-27-28-74-50-30-41(35-65(37-44-9-1-5-19-60-44)38-45-10-2-6-20-61-45)29-42(31-50)36-66(39-46-11-3-7-21-62-46)40-47-12-4-8-22-63-47;4*2-1(3)4;;;;/h1-22,29-34,67H,23-28,35-40H2,(H,64,69)(H,70,71);;;;;2*1H3;;/q;4*-1;;;2*+2. The Morgan fingerprint density at radius 1 is 0.505 bits per heavy atom. The summed E-state index contributed by atoms with van der Waals surface area (Å²) in [6.07, 6.45) is 7.23. The molecule has 3 aromatic carbocycles. The SMILES string of the molecule is O=C(NCCOCCOCCOc1cc(CN(Cc2ccccn2)Cc2ccccn2)cc(CN(Cc2ccccn2)Cc2ccccn2)c1)c1ccc(-c2c3ccc(=O)cc-3oc3cc([O-])ccc23)c(C(=O)[O-])c1.O=[N+]([O-])[O-].O=[N+]([O-])[O-].O=[N+]([O-])[O-].O=[N+]([O-])[O-].[NH4+].[NH4+].[Zn+2].[Zn+2]. The van der Waals surface area contributed by atoms with Crippen molar-refractivity contribution in [2.24, 2.45) is 0 Å². The van der Waals surface area contributed by atoms with Crippen LogP contribution in [0.4, 0.5) is 0 Å². The first kappa shape index (κ1) is 82.3. The summed E-state index contributed by atoms with van der Waals surface area (Å²) >= 11 is 0. The van der Waals surface area contributed by atoms with Crippen LogP contribution in [-0.4, -0.2) is 102 Å². The Morgan fingerprint density at radius 3 is 1.37 bits per heavy atom. The van der Waals surface area contributed by atoms with Crippen LogP contribution in [0.3, 0.4) is 0 Å². The van der Waals surface area contributed by atoms with Gasteiger partial charge in [0, 0.05) is 104 Å². The maximum absolute atomic E-state index is 13.2. The van der Waals surface area contributed by atoms with Crippen LogP contribution in [0.15, 0.2) is 180 Å². The molecular weight excluding hydrogens is 1360 g/mol. The minimum atomic E-state index is -1.75. The van der Waals surface area contributed by atoms with Crippen LogP contribution in [0.2, 0.25) is 0 Å². The Balaban J connectivity index is 0.00000203. The molecule has 95 heavy (non-hydrogen) atoms. The number of fused-ring (bicyclic) bond motifs is 2. The normalized spacial score (nSPS) is 10.0. The van der Waals surface area contributed by atoms with Crippen LogP contribution in [0.25, 0.3) is 33.4 Å². The van der Waals surface area contributed by atoms with Crippen LogP contribution in [0, 0.1) is 61.3 Å². The molecule has 0 unspecified atom stereocenters. The van der Waals surface area contributed by atoms with E-state index in [9.17, 15) is 24.6 Å². The molecular formula is C59H61N13O21Zn2. The molecule has 0 atom stereocenters. The average Bonchev–Trinajstić information content (AvgIpc) is 0.751. The monoisotopic (exact) mass is 1420 g/mol. The Kier molecular flexibility index (Phi) is 38.1. The zero-order valence-electron chi connectivity index (χ0n) is 51.1. The number of hydrogen-bond acceptors (Lipinski definition) is 27. The summed E-state index contributed by atoms with van der Waals surface area (Å²) in [7, 11) is 0. The van der Waals surface area contributed by atoms with E-state index in [1.54, 1.807) is 0 Å². The van der Waals surface area contributed by atoms with Gasteiger partial charge in [-0.25, -0.2) is 0 Å². The van der Waals surface area contributed by atoms with Gasteiger partial charge in [0.2, 0.25) is 0 Å². The number of amides is 1. The number of carbonyl (C=O) groups excluding carboxylic acids is 2. The van der Waals surface area contributed by atoms with Crippen LogP contribution in [0.5, 0.6) is 11.5 Å². The van der Waals surface area contributed by atoms with Crippen molar-refractivity contribution >= 4 is 22.8 Å². The number of aromatic nitrogens is 4. The van der Waals surface area contributed by atoms with E-state index >= 15 is 0 Å². The van der Waals surface area contributed by atoms with Crippen LogP contribution < -0.4 is 38.0 Å². The fourth-order valence-electron chi connectivity index (χ4n) is 8.82. The molecule has 36 heteroatoms. The fourth-order valence-corrected chi connectivity index (χ4v) is 8.82. The first-order chi connectivity index (χ1) is 43.6. The second kappa shape index (κ2) is 43.9. The number of ether oxygens (including phenoxy) is 3. The molecule has 34 nitrogen and oxygen atoms in total. The number of benzene rings is 4. The number of carboxylic acids is 1. The molecule has 0 saturated carbocycles. The van der Waals surface area contributed by atoms with E-state index in [1.165, 1.54) is 54.6 Å². The van der Waals surface area contributed by atoms with Gasteiger partial charge in [0.05, 0.1) is 75.5 Å². The second-order valence-electron chi connectivity index (χ2n) is 18.6. The number of carboxylic acid groups (broad SMARTS) is 1. The van der Waals surface area contributed by atoms with E-state index in [-0.39, 0.29) is 123 Å². The van der Waals surface area contributed by atoms with Gasteiger partial charge in [-0.2, -0.15) is 0 Å². The predicted octanol–water partition coefficient (Wildman–Crippen LogP) is 6.62. The molecule has 0 radical (unpaired) electrons. The second-order valence-corrected chi connectivity index (χ2v) is 18.6. The minimum Gasteiger partial charge on any atom is -0.872 e. The van der Waals surface area contributed by atoms with Crippen molar-refractivity contribution in [2.45, 2.75) is 39.3 Å². The van der Waals surface area contributed by atoms with E-state index < -0.39 is 32.2 Å². The van der Waals surface area contributed by atoms with Crippen LogP contribution in [-0.2, 0) is 87.7 Å². The number of pyridine rings is 4. The number of hydrogen-bond donors (Lipinski definition) is 3. The number of quaternary nitrogens is 2. The van der Waals surface area contributed by atoms with E-state index in [0.29, 0.717) is 68.1 Å². The quantitative estimate of drug-likeness (QED) is 0.0178. The van der Waals surface area contributed by atoms with Crippen molar-refractivity contribution in [3.63, 3.8) is 0 Å². The van der Waals surface area contributed by atoms with Crippen molar-refractivity contribution in [2.75, 3.05) is 39.6 Å². The largest absolute Gasteiger partial charge is 2.00 e.